The van der Waals surface area contributed by atoms with Crippen molar-refractivity contribution in [2.24, 2.45) is 0 Å². The number of anilines is 1. The van der Waals surface area contributed by atoms with Gasteiger partial charge < -0.3 is 10.2 Å². The maximum absolute atomic E-state index is 3.57. The van der Waals surface area contributed by atoms with Gasteiger partial charge in [0.05, 0.1) is 5.69 Å². The van der Waals surface area contributed by atoms with Gasteiger partial charge in [-0.3, -0.25) is 4.90 Å². The van der Waals surface area contributed by atoms with Crippen molar-refractivity contribution in [3.05, 3.63) is 27.1 Å². The summed E-state index contributed by atoms with van der Waals surface area (Å²) in [4.78, 5) is 4.89. The highest BCUT2D eigenvalue weighted by Gasteiger charge is 2.13. The van der Waals surface area contributed by atoms with Gasteiger partial charge in [0.25, 0.3) is 0 Å². The fourth-order valence-corrected chi connectivity index (χ4v) is 3.36. The molecule has 5 heteroatoms. The Bertz CT molecular complexity index is 370. The molecule has 0 spiro atoms. The molecule has 0 atom stereocenters. The summed E-state index contributed by atoms with van der Waals surface area (Å²) in [5.41, 5.74) is 1.15. The van der Waals surface area contributed by atoms with E-state index < -0.39 is 0 Å². The van der Waals surface area contributed by atoms with Gasteiger partial charge in [-0.05, 0) is 51.0 Å². The van der Waals surface area contributed by atoms with E-state index in [-0.39, 0.29) is 0 Å². The zero-order valence-electron chi connectivity index (χ0n) is 10.6. The van der Waals surface area contributed by atoms with Crippen LogP contribution in [0.5, 0.6) is 0 Å². The fraction of sp³-hybridized carbons (Fsp3) is 0.538. The Morgan fingerprint density at radius 3 is 2.33 bits per heavy atom. The van der Waals surface area contributed by atoms with E-state index in [1.807, 2.05) is 6.07 Å². The number of piperazine rings is 1. The normalized spacial score (nSPS) is 17.9. The van der Waals surface area contributed by atoms with Crippen LogP contribution in [0.15, 0.2) is 27.1 Å². The van der Waals surface area contributed by atoms with E-state index >= 15 is 0 Å². The van der Waals surface area contributed by atoms with Gasteiger partial charge in [-0.15, -0.1) is 0 Å². The molecule has 0 bridgehead atoms. The molecule has 0 aromatic heterocycles. The van der Waals surface area contributed by atoms with Crippen LogP contribution in [0.3, 0.4) is 0 Å². The number of benzene rings is 1. The van der Waals surface area contributed by atoms with Crippen molar-refractivity contribution in [2.75, 3.05) is 51.6 Å². The number of hydrogen-bond acceptors (Lipinski definition) is 3. The van der Waals surface area contributed by atoms with Crippen molar-refractivity contribution in [3.63, 3.8) is 0 Å². The molecule has 3 nitrogen and oxygen atoms in total. The third-order valence-corrected chi connectivity index (χ3v) is 4.61. The molecule has 0 saturated carbocycles. The van der Waals surface area contributed by atoms with Crippen molar-refractivity contribution in [3.8, 4) is 0 Å². The molecule has 1 saturated heterocycles. The summed E-state index contributed by atoms with van der Waals surface area (Å²) in [6, 6.07) is 6.14. The first-order valence-corrected chi connectivity index (χ1v) is 7.84. The van der Waals surface area contributed by atoms with Gasteiger partial charge in [0.15, 0.2) is 0 Å². The maximum atomic E-state index is 3.57. The van der Waals surface area contributed by atoms with E-state index in [0.29, 0.717) is 0 Å². The Morgan fingerprint density at radius 1 is 1.11 bits per heavy atom. The second-order valence-corrected chi connectivity index (χ2v) is 6.38. The van der Waals surface area contributed by atoms with Crippen LogP contribution in [0.4, 0.5) is 5.69 Å². The van der Waals surface area contributed by atoms with Crippen LogP contribution in [-0.2, 0) is 0 Å². The molecule has 0 unspecified atom stereocenters. The first-order chi connectivity index (χ1) is 8.66. The van der Waals surface area contributed by atoms with Crippen LogP contribution >= 0.6 is 31.9 Å². The van der Waals surface area contributed by atoms with E-state index in [1.54, 1.807) is 0 Å². The molecule has 0 radical (unpaired) electrons. The number of rotatable bonds is 4. The highest BCUT2D eigenvalue weighted by Crippen LogP contribution is 2.30. The molecule has 1 aromatic rings. The summed E-state index contributed by atoms with van der Waals surface area (Å²) in [6.45, 7) is 6.79. The van der Waals surface area contributed by atoms with Crippen LogP contribution in [0.2, 0.25) is 0 Å². The standard InChI is InChI=1S/C13H19Br2N3/c1-17-7-9-18(10-8-17)6-5-16-13-11(14)3-2-4-12(13)15/h2-4,16H,5-10H2,1H3. The average Bonchev–Trinajstić information content (AvgIpc) is 2.35. The monoisotopic (exact) mass is 375 g/mol. The zero-order valence-corrected chi connectivity index (χ0v) is 13.8. The molecule has 1 heterocycles. The van der Waals surface area contributed by atoms with Crippen molar-refractivity contribution in [1.82, 2.24) is 9.80 Å². The molecule has 1 aliphatic heterocycles. The highest BCUT2D eigenvalue weighted by molar-refractivity contribution is 9.11. The number of hydrogen-bond donors (Lipinski definition) is 1. The quantitative estimate of drug-likeness (QED) is 0.871. The summed E-state index contributed by atoms with van der Waals surface area (Å²) in [7, 11) is 2.19. The van der Waals surface area contributed by atoms with E-state index in [4.69, 9.17) is 0 Å². The molecule has 1 aromatic carbocycles. The number of halogens is 2. The Kier molecular flexibility index (Phi) is 5.48. The van der Waals surface area contributed by atoms with Crippen LogP contribution in [0.25, 0.3) is 0 Å². The largest absolute Gasteiger partial charge is 0.382 e. The highest BCUT2D eigenvalue weighted by atomic mass is 79.9. The van der Waals surface area contributed by atoms with Gasteiger partial charge in [0.1, 0.15) is 0 Å². The van der Waals surface area contributed by atoms with E-state index in [1.165, 1.54) is 26.2 Å². The Hall–Kier alpha value is -0.100. The van der Waals surface area contributed by atoms with Gasteiger partial charge in [-0.1, -0.05) is 6.07 Å². The summed E-state index contributed by atoms with van der Waals surface area (Å²) in [5, 5.41) is 3.49. The first-order valence-electron chi connectivity index (χ1n) is 6.25. The Morgan fingerprint density at radius 2 is 1.72 bits per heavy atom. The van der Waals surface area contributed by atoms with Crippen molar-refractivity contribution in [2.45, 2.75) is 0 Å². The zero-order chi connectivity index (χ0) is 13.0. The predicted molar refractivity (Wildman–Crippen MR) is 84.3 cm³/mol. The molecular formula is C13H19Br2N3. The van der Waals surface area contributed by atoms with E-state index in [0.717, 1.165) is 27.7 Å². The number of nitrogens with one attached hydrogen (secondary N) is 1. The SMILES string of the molecule is CN1CCN(CCNc2c(Br)cccc2Br)CC1. The fourth-order valence-electron chi connectivity index (χ4n) is 2.08. The summed E-state index contributed by atoms with van der Waals surface area (Å²) < 4.78 is 2.21. The minimum Gasteiger partial charge on any atom is -0.382 e. The van der Waals surface area contributed by atoms with Gasteiger partial charge in [0.2, 0.25) is 0 Å². The molecule has 0 aliphatic carbocycles. The lowest BCUT2D eigenvalue weighted by Crippen LogP contribution is -2.45. The topological polar surface area (TPSA) is 18.5 Å². The van der Waals surface area contributed by atoms with Gasteiger partial charge >= 0.3 is 0 Å². The summed E-state index contributed by atoms with van der Waals surface area (Å²) >= 11 is 7.14. The third-order valence-electron chi connectivity index (χ3n) is 3.29. The van der Waals surface area contributed by atoms with E-state index in [9.17, 15) is 0 Å². The molecule has 1 fully saturated rings. The van der Waals surface area contributed by atoms with Crippen LogP contribution in [0.1, 0.15) is 0 Å². The summed E-state index contributed by atoms with van der Waals surface area (Å²) in [5.74, 6) is 0. The molecule has 2 rings (SSSR count). The average molecular weight is 377 g/mol. The number of likely N-dealkylation sites (N-methyl/N-ethyl adjacent to an activating group) is 1. The van der Waals surface area contributed by atoms with Crippen LogP contribution < -0.4 is 5.32 Å². The lowest BCUT2D eigenvalue weighted by atomic mass is 10.3. The minimum atomic E-state index is 0.977. The summed E-state index contributed by atoms with van der Waals surface area (Å²) in [6.07, 6.45) is 0. The predicted octanol–water partition coefficient (Wildman–Crippen LogP) is 2.87. The molecule has 18 heavy (non-hydrogen) atoms. The smallest absolute Gasteiger partial charge is 0.0629 e. The third kappa shape index (κ3) is 3.95. The minimum absolute atomic E-state index is 0.977. The number of nitrogens with zero attached hydrogens (tertiary/aromatic N) is 2. The van der Waals surface area contributed by atoms with Crippen molar-refractivity contribution < 1.29 is 0 Å². The van der Waals surface area contributed by atoms with Crippen molar-refractivity contribution >= 4 is 37.5 Å². The van der Waals surface area contributed by atoms with Gasteiger partial charge in [-0.2, -0.15) is 0 Å². The van der Waals surface area contributed by atoms with E-state index in [2.05, 4.69) is 66.2 Å². The number of para-hydroxylation sites is 1. The molecule has 1 N–H and O–H groups in total. The Balaban J connectivity index is 1.78. The Labute approximate surface area is 126 Å². The maximum Gasteiger partial charge on any atom is 0.0629 e. The molecular weight excluding hydrogens is 358 g/mol. The second kappa shape index (κ2) is 6.89. The lowest BCUT2D eigenvalue weighted by Gasteiger charge is -2.32. The first kappa shape index (κ1) is 14.3. The second-order valence-electron chi connectivity index (χ2n) is 4.67. The van der Waals surface area contributed by atoms with Gasteiger partial charge in [-0.25, -0.2) is 0 Å². The molecule has 100 valence electrons. The van der Waals surface area contributed by atoms with Crippen LogP contribution in [0, 0.1) is 0 Å². The van der Waals surface area contributed by atoms with Crippen molar-refractivity contribution in [1.29, 1.82) is 0 Å². The molecule has 0 amide bonds. The van der Waals surface area contributed by atoms with Crippen LogP contribution in [-0.4, -0.2) is 56.1 Å². The lowest BCUT2D eigenvalue weighted by molar-refractivity contribution is 0.158. The molecule has 1 aliphatic rings. The van der Waals surface area contributed by atoms with Gasteiger partial charge in [0, 0.05) is 48.2 Å².